The summed E-state index contributed by atoms with van der Waals surface area (Å²) in [6, 6.07) is -0.454. The number of thiol groups is 2. The number of unbranched alkanes of at least 4 members (excludes halogenated alkanes) is 1. The van der Waals surface area contributed by atoms with Crippen LogP contribution in [0.2, 0.25) is 0 Å². The Labute approximate surface area is 848 Å². The number of guanidine groups is 4. The number of rotatable bonds is 66. The van der Waals surface area contributed by atoms with Crippen LogP contribution in [0.25, 0.3) is 10.8 Å². The van der Waals surface area contributed by atoms with Gasteiger partial charge in [0.15, 0.2) is 23.8 Å². The van der Waals surface area contributed by atoms with Gasteiger partial charge in [-0.25, -0.2) is 14.4 Å². The Morgan fingerprint density at radius 1 is 0.331 bits per heavy atom. The second-order valence-electron chi connectivity index (χ2n) is 34.4. The molecule has 55 heteroatoms. The van der Waals surface area contributed by atoms with Crippen LogP contribution in [0.4, 0.5) is 14.4 Å². The predicted molar refractivity (Wildman–Crippen MR) is 544 cm³/mol. The maximum absolute atomic E-state index is 15.4. The van der Waals surface area contributed by atoms with E-state index in [1.54, 1.807) is 24.3 Å². The molecule has 45 N–H and O–H groups in total. The van der Waals surface area contributed by atoms with Crippen LogP contribution in [0, 0.1) is 21.6 Å². The highest BCUT2D eigenvalue weighted by atomic mass is 32.1. The smallest absolute Gasteiger partial charge is 0.312 e. The van der Waals surface area contributed by atoms with Gasteiger partial charge < -0.3 is 173 Å². The minimum absolute atomic E-state index is 0.000964. The Morgan fingerprint density at radius 3 is 0.986 bits per heavy atom. The fourth-order valence-electron chi connectivity index (χ4n) is 15.3. The lowest BCUT2D eigenvalue weighted by atomic mass is 10.00. The Balaban J connectivity index is 1.49. The van der Waals surface area contributed by atoms with Gasteiger partial charge in [-0.15, -0.1) is 0 Å². The van der Waals surface area contributed by atoms with Crippen LogP contribution in [0.3, 0.4) is 0 Å². The summed E-state index contributed by atoms with van der Waals surface area (Å²) < 4.78 is 0. The van der Waals surface area contributed by atoms with Gasteiger partial charge in [-0.05, 0) is 180 Å². The van der Waals surface area contributed by atoms with Crippen LogP contribution < -0.4 is 158 Å². The number of nitrogens with zero attached hydrogens (tertiary/aromatic N) is 1. The number of nitrogens with one attached hydrogen (secondary N) is 23. The summed E-state index contributed by atoms with van der Waals surface area (Å²) in [6.45, 7) is -0.125. The molecule has 1 aliphatic rings. The molecular weight excluding hydrogens is 1930 g/mol. The number of nitrogens with two attached hydrogens (primary N) is 10. The fourth-order valence-corrected chi connectivity index (χ4v) is 15.8. The van der Waals surface area contributed by atoms with Crippen LogP contribution >= 0.6 is 25.3 Å². The summed E-state index contributed by atoms with van der Waals surface area (Å²) in [5.74, 6) is -16.0. The number of likely N-dealkylation sites (tertiary alicyclic amines) is 1. The van der Waals surface area contributed by atoms with Crippen molar-refractivity contribution in [3.05, 3.63) is 108 Å². The van der Waals surface area contributed by atoms with Crippen LogP contribution in [-0.2, 0) is 86.4 Å². The number of benzene rings is 4. The number of urea groups is 3. The monoisotopic (exact) mass is 2070 g/mol. The van der Waals surface area contributed by atoms with Gasteiger partial charge in [-0.3, -0.25) is 88.8 Å². The molecule has 1 heterocycles. The normalized spacial score (nSPS) is 14.7. The first-order valence-electron chi connectivity index (χ1n) is 47.4. The standard InChI is InChI=1S/C90H142N34O19S2/c91-34-4-3-16-58(114-72(129)61(20-9-39-109-88(102)141)116-77(134)64(44-49-25-30-54(125)31-26-49)120-81(138)68(48-145)123-79(136)66(46-51-24-29-52-13-1-2-14-53(52)43-51)119-75(132)59(18-7-37-107-86(98)99)113-71(128)56(92)15-5-35-105-84(94)95)74(131)118-63(22-11-41-111-90(104)143)83(140)124-42-12-23-69(124)82(139)121-65(45-50-27-32-55(126)33-28-50)78(135)117-60(19-8-38-108-87(100)101)73(130)115-62(21-10-40-110-89(103)142)76(133)122-67(47-144)80(137)112-57(70(93)127)17-6-36-106-85(96)97/h1-2,13-14,24-33,43,56-69,125-126,144-145H,3-12,15-23,34-42,44-48,91-92H2,(H2,93,127)(H,112,137)(H,113,128)(H,114,129)(H,115,130)(H,116,134)(H,117,135)(H,118,131)(H,119,132)(H,120,138)(H,121,139)(H,122,133)(H,123,136)(H4,94,95,105)(H4,96,97,106)(H4,98,99,107)(H4,100,101,108)(H3,102,109,141)(H3,103,110,142)(H3,104,111,143)/t56-,57-,58-,59-,60-,61-,62-,63+,64-,65-,66-,67-,68-,69-/m0/s1. The highest BCUT2D eigenvalue weighted by Gasteiger charge is 2.42. The molecule has 20 amide bonds. The van der Waals surface area contributed by atoms with Gasteiger partial charge in [0.2, 0.25) is 82.7 Å². The number of carbonyl (C=O) groups excluding carboxylic acids is 17. The van der Waals surface area contributed by atoms with E-state index < -0.39 is 197 Å². The summed E-state index contributed by atoms with van der Waals surface area (Å²) >= 11 is 8.70. The average Bonchev–Trinajstić information content (AvgIpc) is 1.68. The van der Waals surface area contributed by atoms with Crippen molar-refractivity contribution in [2.75, 3.05) is 70.4 Å². The van der Waals surface area contributed by atoms with Crippen LogP contribution in [0.5, 0.6) is 11.5 Å². The molecule has 145 heavy (non-hydrogen) atoms. The number of hydrogen-bond donors (Lipinski definition) is 37. The number of primary amides is 4. The molecule has 798 valence electrons. The highest BCUT2D eigenvalue weighted by molar-refractivity contribution is 7.80. The Kier molecular flexibility index (Phi) is 53.4. The van der Waals surface area contributed by atoms with Crippen molar-refractivity contribution in [3.63, 3.8) is 0 Å². The molecule has 0 aromatic heterocycles. The van der Waals surface area contributed by atoms with Gasteiger partial charge in [0.05, 0.1) is 6.04 Å². The second kappa shape index (κ2) is 64.4. The lowest BCUT2D eigenvalue weighted by molar-refractivity contribution is -0.142. The van der Waals surface area contributed by atoms with E-state index in [0.29, 0.717) is 23.1 Å². The maximum atomic E-state index is 15.4. The summed E-state index contributed by atoms with van der Waals surface area (Å²) in [5, 5.41) is 102. The maximum Gasteiger partial charge on any atom is 0.312 e. The molecule has 0 bridgehead atoms. The van der Waals surface area contributed by atoms with Gasteiger partial charge >= 0.3 is 18.1 Å². The minimum atomic E-state index is -1.68. The Bertz CT molecular complexity index is 5050. The van der Waals surface area contributed by atoms with Crippen molar-refractivity contribution >= 4 is 161 Å². The van der Waals surface area contributed by atoms with E-state index in [2.05, 4.69) is 126 Å². The highest BCUT2D eigenvalue weighted by Crippen LogP contribution is 2.24. The van der Waals surface area contributed by atoms with E-state index in [1.807, 2.05) is 18.2 Å². The number of phenolic OH excluding ortho intramolecular Hbond substituents is 2. The number of hydrogen-bond acceptors (Lipinski definition) is 27. The van der Waals surface area contributed by atoms with Gasteiger partial charge in [-0.2, -0.15) is 25.3 Å². The molecule has 0 radical (unpaired) electrons. The Morgan fingerprint density at radius 2 is 0.621 bits per heavy atom. The third kappa shape index (κ3) is 45.8. The van der Waals surface area contributed by atoms with Crippen molar-refractivity contribution in [2.45, 2.75) is 226 Å². The van der Waals surface area contributed by atoms with Crippen molar-refractivity contribution in [1.82, 2.24) is 106 Å². The number of carbonyl (C=O) groups is 17. The molecule has 5 rings (SSSR count). The largest absolute Gasteiger partial charge is 0.508 e. The zero-order valence-electron chi connectivity index (χ0n) is 80.5. The van der Waals surface area contributed by atoms with Crippen LogP contribution in [0.15, 0.2) is 91.0 Å². The number of phenols is 2. The molecule has 0 spiro atoms. The third-order valence-electron chi connectivity index (χ3n) is 23.0. The van der Waals surface area contributed by atoms with Crippen molar-refractivity contribution < 1.29 is 91.7 Å². The van der Waals surface area contributed by atoms with E-state index in [-0.39, 0.29) is 229 Å². The van der Waals surface area contributed by atoms with Crippen LogP contribution in [-0.4, -0.2) is 295 Å². The van der Waals surface area contributed by atoms with Crippen molar-refractivity contribution in [2.24, 2.45) is 57.3 Å². The Hall–Kier alpha value is -15.2. The average molecular weight is 2070 g/mol. The first kappa shape index (κ1) is 120. The van der Waals surface area contributed by atoms with Gasteiger partial charge in [0.1, 0.15) is 90.0 Å². The summed E-state index contributed by atoms with van der Waals surface area (Å²) in [4.78, 5) is 242. The van der Waals surface area contributed by atoms with E-state index in [4.69, 9.17) is 79.0 Å². The zero-order valence-corrected chi connectivity index (χ0v) is 82.3. The first-order valence-corrected chi connectivity index (χ1v) is 48.6. The third-order valence-corrected chi connectivity index (χ3v) is 23.7. The number of aromatic hydroxyl groups is 2. The SMILES string of the molecule is N=C(N)NCCC[C@H](NC(=O)[C@H](CS)NC(=O)[C@H](CCCNC(N)=O)NC(=O)[C@H](CCCNC(=N)N)NC(=O)[C@H](Cc1ccc(O)cc1)NC(=O)[C@@H]1CCCN1C(=O)[C@@H](CCCNC(N)=O)NC(=O)[C@H](CCCCN)NC(=O)[C@H](CCCNC(N)=O)NC(=O)[C@H](Cc1ccc(O)cc1)NC(=O)[C@H](CS)NC(=O)[C@H](Cc1ccc2ccccc2c1)NC(=O)[C@H](CCCNC(=N)N)NC(=O)[C@@H](N)CCCNC(=N)N)C(N)=O. The quantitative estimate of drug-likeness (QED) is 0.00845. The molecule has 1 aliphatic heterocycles. The molecule has 4 aromatic carbocycles. The second-order valence-corrected chi connectivity index (χ2v) is 35.2. The number of fused-ring (bicyclic) bond motifs is 1. The van der Waals surface area contributed by atoms with Gasteiger partial charge in [0, 0.05) is 83.1 Å². The lowest BCUT2D eigenvalue weighted by Crippen LogP contribution is -2.61. The van der Waals surface area contributed by atoms with Gasteiger partial charge in [0.25, 0.3) is 0 Å². The molecule has 0 unspecified atom stereocenters. The first-order chi connectivity index (χ1) is 69.0. The summed E-state index contributed by atoms with van der Waals surface area (Å²) in [6.07, 6.45) is -1.24. The molecule has 1 fully saturated rings. The van der Waals surface area contributed by atoms with E-state index in [9.17, 15) is 63.0 Å². The zero-order chi connectivity index (χ0) is 107. The molecule has 0 aliphatic carbocycles. The molecule has 4 aromatic rings. The summed E-state index contributed by atoms with van der Waals surface area (Å²) in [7, 11) is 0. The summed E-state index contributed by atoms with van der Waals surface area (Å²) in [5.41, 5.74) is 57.1. The molecule has 14 atom stereocenters. The molecular formula is C90H142N34O19S2. The predicted octanol–water partition coefficient (Wildman–Crippen LogP) is -7.71. The van der Waals surface area contributed by atoms with E-state index in [1.165, 1.54) is 48.5 Å². The van der Waals surface area contributed by atoms with Crippen molar-refractivity contribution in [1.29, 1.82) is 21.6 Å². The molecule has 1 saturated heterocycles. The topological polar surface area (TPSA) is 918 Å². The van der Waals surface area contributed by atoms with E-state index >= 15 is 28.8 Å². The lowest BCUT2D eigenvalue weighted by Gasteiger charge is -2.31. The van der Waals surface area contributed by atoms with Crippen molar-refractivity contribution in [3.8, 4) is 11.5 Å². The van der Waals surface area contributed by atoms with Gasteiger partial charge in [-0.1, -0.05) is 66.7 Å². The van der Waals surface area contributed by atoms with Crippen LogP contribution in [0.1, 0.15) is 139 Å². The molecule has 53 nitrogen and oxygen atoms in total. The fraction of sp³-hybridized carbons (Fsp3) is 0.522. The number of amides is 20. The van der Waals surface area contributed by atoms with E-state index in [0.717, 1.165) is 15.7 Å². The minimum Gasteiger partial charge on any atom is -0.508 e. The molecule has 0 saturated carbocycles.